The molecule has 6 atom stereocenters. The smallest absolute Gasteiger partial charge is 0.00263 e. The maximum absolute atomic E-state index is 4.49. The average Bonchev–Trinajstić information content (AvgIpc) is 3.45. The lowest BCUT2D eigenvalue weighted by Gasteiger charge is -2.43. The zero-order valence-corrected chi connectivity index (χ0v) is 49.6. The molecule has 0 saturated heterocycles. The number of hydrogen-bond donors (Lipinski definition) is 0. The summed E-state index contributed by atoms with van der Waals surface area (Å²) in [6.07, 6.45) is 32.1. The first-order valence-corrected chi connectivity index (χ1v) is 30.1. The Morgan fingerprint density at radius 3 is 1.63 bits per heavy atom. The van der Waals surface area contributed by atoms with Crippen LogP contribution in [0.3, 0.4) is 0 Å². The number of aryl methyl sites for hydroxylation is 7. The molecule has 6 rings (SSSR count). The van der Waals surface area contributed by atoms with E-state index in [4.69, 9.17) is 0 Å². The summed E-state index contributed by atoms with van der Waals surface area (Å²) in [7, 11) is 0. The second-order valence-corrected chi connectivity index (χ2v) is 23.3. The first-order valence-electron chi connectivity index (χ1n) is 30.1. The third-order valence-electron chi connectivity index (χ3n) is 17.4. The van der Waals surface area contributed by atoms with Crippen molar-refractivity contribution in [1.29, 1.82) is 0 Å². The van der Waals surface area contributed by atoms with Crippen LogP contribution >= 0.6 is 0 Å². The number of rotatable bonds is 34. The van der Waals surface area contributed by atoms with Gasteiger partial charge in [0.1, 0.15) is 0 Å². The van der Waals surface area contributed by atoms with Crippen LogP contribution in [0, 0.1) is 47.0 Å². The van der Waals surface area contributed by atoms with Crippen molar-refractivity contribution in [3.63, 3.8) is 0 Å². The third-order valence-corrected chi connectivity index (χ3v) is 17.4. The maximum Gasteiger partial charge on any atom is 0.00263 e. The molecule has 78 heavy (non-hydrogen) atoms. The quantitative estimate of drug-likeness (QED) is 0.0353. The van der Waals surface area contributed by atoms with Crippen LogP contribution in [0.1, 0.15) is 206 Å². The van der Waals surface area contributed by atoms with Gasteiger partial charge in [0.05, 0.1) is 0 Å². The second-order valence-electron chi connectivity index (χ2n) is 23.3. The summed E-state index contributed by atoms with van der Waals surface area (Å²) in [5.41, 5.74) is 20.0. The van der Waals surface area contributed by atoms with Crippen molar-refractivity contribution in [1.82, 2.24) is 0 Å². The minimum Gasteiger partial charge on any atom is -0.103 e. The van der Waals surface area contributed by atoms with E-state index in [1.165, 1.54) is 66.8 Å². The van der Waals surface area contributed by atoms with E-state index in [9.17, 15) is 0 Å². The normalized spacial score (nSPS) is 14.7. The lowest BCUT2D eigenvalue weighted by molar-refractivity contribution is 0.232. The number of hydrogen-bond acceptors (Lipinski definition) is 0. The van der Waals surface area contributed by atoms with Crippen LogP contribution in [0.4, 0.5) is 0 Å². The molecule has 0 aliphatic carbocycles. The summed E-state index contributed by atoms with van der Waals surface area (Å²) in [5, 5.41) is 0. The third kappa shape index (κ3) is 18.2. The molecule has 6 unspecified atom stereocenters. The Bertz CT molecular complexity index is 2860. The van der Waals surface area contributed by atoms with Gasteiger partial charge < -0.3 is 0 Å². The lowest BCUT2D eigenvalue weighted by Crippen LogP contribution is -2.29. The van der Waals surface area contributed by atoms with Crippen LogP contribution in [0.5, 0.6) is 0 Å². The Hall–Kier alpha value is -6.24. The minimum absolute atomic E-state index is 0.104. The van der Waals surface area contributed by atoms with Crippen molar-refractivity contribution in [3.05, 3.63) is 286 Å². The Morgan fingerprint density at radius 2 is 1.04 bits per heavy atom. The molecule has 0 aliphatic rings. The Kier molecular flexibility index (Phi) is 25.0. The van der Waals surface area contributed by atoms with Crippen LogP contribution in [0.25, 0.3) is 0 Å². The summed E-state index contributed by atoms with van der Waals surface area (Å²) in [5.74, 6) is 1.62. The number of benzene rings is 6. The van der Waals surface area contributed by atoms with Crippen molar-refractivity contribution >= 4 is 0 Å². The van der Waals surface area contributed by atoms with Gasteiger partial charge in [0, 0.05) is 17.8 Å². The van der Waals surface area contributed by atoms with E-state index < -0.39 is 0 Å². The van der Waals surface area contributed by atoms with Gasteiger partial charge in [-0.25, -0.2) is 0 Å². The summed E-state index contributed by atoms with van der Waals surface area (Å²) in [6.45, 7) is 33.5. The monoisotopic (exact) mass is 1030 g/mol. The van der Waals surface area contributed by atoms with Gasteiger partial charge in [0.2, 0.25) is 0 Å². The lowest BCUT2D eigenvalue weighted by atomic mass is 9.62. The topological polar surface area (TPSA) is 0 Å². The van der Waals surface area contributed by atoms with Crippen molar-refractivity contribution < 1.29 is 0 Å². The molecular formula is C78H98. The van der Waals surface area contributed by atoms with E-state index in [-0.39, 0.29) is 17.3 Å². The highest BCUT2D eigenvalue weighted by atomic mass is 14.4. The predicted molar refractivity (Wildman–Crippen MR) is 343 cm³/mol. The highest BCUT2D eigenvalue weighted by Crippen LogP contribution is 2.53. The molecular weight excluding hydrogens is 937 g/mol. The molecule has 0 heterocycles. The predicted octanol–water partition coefficient (Wildman–Crippen LogP) is 22.8. The van der Waals surface area contributed by atoms with Crippen LogP contribution in [-0.2, 0) is 6.42 Å². The summed E-state index contributed by atoms with van der Waals surface area (Å²) in [6, 6.07) is 55.5. The molecule has 0 N–H and O–H groups in total. The molecule has 0 aromatic heterocycles. The summed E-state index contributed by atoms with van der Waals surface area (Å²) in [4.78, 5) is 0. The molecule has 0 nitrogen and oxygen atoms in total. The van der Waals surface area contributed by atoms with Gasteiger partial charge in [-0.2, -0.15) is 0 Å². The highest BCUT2D eigenvalue weighted by Gasteiger charge is 2.38. The van der Waals surface area contributed by atoms with E-state index >= 15 is 0 Å². The zero-order valence-electron chi connectivity index (χ0n) is 49.6. The molecule has 0 radical (unpaired) electrons. The van der Waals surface area contributed by atoms with Gasteiger partial charge in [-0.05, 0) is 212 Å². The Morgan fingerprint density at radius 1 is 0.474 bits per heavy atom. The molecule has 0 heteroatoms. The molecule has 6 aromatic carbocycles. The van der Waals surface area contributed by atoms with Gasteiger partial charge >= 0.3 is 0 Å². The van der Waals surface area contributed by atoms with E-state index in [2.05, 4.69) is 257 Å². The van der Waals surface area contributed by atoms with Crippen molar-refractivity contribution in [2.75, 3.05) is 0 Å². The highest BCUT2D eigenvalue weighted by molar-refractivity contribution is 5.36. The Balaban J connectivity index is 1.63. The maximum atomic E-state index is 4.49. The molecule has 0 bridgehead atoms. The molecule has 410 valence electrons. The number of allylic oxidation sites excluding steroid dienone is 8. The first kappa shape index (κ1) is 61.0. The van der Waals surface area contributed by atoms with Crippen LogP contribution in [-0.4, -0.2) is 0 Å². The van der Waals surface area contributed by atoms with E-state index in [0.717, 1.165) is 109 Å². The molecule has 6 aromatic rings. The van der Waals surface area contributed by atoms with E-state index in [1.54, 1.807) is 11.1 Å². The summed E-state index contributed by atoms with van der Waals surface area (Å²) >= 11 is 0. The summed E-state index contributed by atoms with van der Waals surface area (Å²) < 4.78 is 0. The minimum atomic E-state index is -0.104. The first-order chi connectivity index (χ1) is 37.9. The molecule has 0 aliphatic heterocycles. The second kappa shape index (κ2) is 32.0. The molecule has 0 spiro atoms. The average molecular weight is 1040 g/mol. The fourth-order valence-corrected chi connectivity index (χ4v) is 13.0. The van der Waals surface area contributed by atoms with Crippen LogP contribution in [0.15, 0.2) is 220 Å². The van der Waals surface area contributed by atoms with E-state index in [1.807, 2.05) is 0 Å². The zero-order chi connectivity index (χ0) is 55.7. The molecule has 0 saturated carbocycles. The van der Waals surface area contributed by atoms with Gasteiger partial charge in [0.15, 0.2) is 0 Å². The van der Waals surface area contributed by atoms with Crippen molar-refractivity contribution in [2.24, 2.45) is 5.41 Å². The van der Waals surface area contributed by atoms with Crippen molar-refractivity contribution in [2.45, 2.75) is 187 Å². The molecule has 0 fully saturated rings. The standard InChI is InChI=1S/C78H98/c1-12-17-35-75(70-48-46-59(6)47-49-70)58-78(53-27-43-67-36-20-18-33-63(67)10,54-52-69(29-14-3)74-42-24-32-62(9)57-74)77(45-26-37-65(15-4)72-40-22-30-60(7)55-72)71(39-25-38-66(16-5)76-44-21-19-34-64(76)11)51-50-68(28-13-2)73-41-23-31-61(8)56-73/h13-24,30-36,40-42,44,46-49,55-57,65-66,68-69,75H,2-5,12,25-29,37-39,43,45,50-54,58H2,1,6-11H3. The Labute approximate surface area is 476 Å². The van der Waals surface area contributed by atoms with Gasteiger partial charge in [-0.1, -0.05) is 222 Å². The SMILES string of the molecule is C=CCC(CCC(CCCC(C=C)c1ccccc1C)=C(CCCC(C=C)c1cccc(C)c1)C(CCCc1ccccc1C)(CCC(CC=C)c1cccc(C)c1)CC(C=CCC)c1ccc(C)cc1)c1cccc(C)c1. The van der Waals surface area contributed by atoms with E-state index in [0.29, 0.717) is 17.8 Å². The molecule has 0 amide bonds. The van der Waals surface area contributed by atoms with Gasteiger partial charge in [-0.3, -0.25) is 0 Å². The largest absolute Gasteiger partial charge is 0.103 e. The van der Waals surface area contributed by atoms with Crippen molar-refractivity contribution in [3.8, 4) is 0 Å². The fourth-order valence-electron chi connectivity index (χ4n) is 13.0. The van der Waals surface area contributed by atoms with Crippen LogP contribution in [0.2, 0.25) is 0 Å². The van der Waals surface area contributed by atoms with Gasteiger partial charge in [-0.15, -0.1) is 26.3 Å². The van der Waals surface area contributed by atoms with Gasteiger partial charge in [0.25, 0.3) is 0 Å². The fraction of sp³-hybridized carbons (Fsp3) is 0.385. The van der Waals surface area contributed by atoms with Crippen LogP contribution < -0.4 is 0 Å².